The van der Waals surface area contributed by atoms with Gasteiger partial charge in [0.2, 0.25) is 0 Å². The number of aromatic amines is 1. The number of nitrogens with two attached hydrogens (primary N) is 1. The minimum Gasteiger partial charge on any atom is -0.399 e. The first-order valence-corrected chi connectivity index (χ1v) is 5.71. The number of hydrogen-bond donors (Lipinski definition) is 2. The molecular weight excluding hydrogens is 224 g/mol. The third-order valence-electron chi connectivity index (χ3n) is 2.11. The van der Waals surface area contributed by atoms with Gasteiger partial charge in [0, 0.05) is 17.1 Å². The first kappa shape index (κ1) is 10.8. The first-order valence-electron chi connectivity index (χ1n) is 4.89. The SMILES string of the molecule is CCn1c(Sc2cccc(N)c2)n[nH]c1=O. The van der Waals surface area contributed by atoms with E-state index in [4.69, 9.17) is 5.73 Å². The van der Waals surface area contributed by atoms with Crippen LogP contribution in [0.3, 0.4) is 0 Å². The molecule has 0 fully saturated rings. The molecule has 0 aliphatic carbocycles. The van der Waals surface area contributed by atoms with Crippen LogP contribution in [0.1, 0.15) is 6.92 Å². The quantitative estimate of drug-likeness (QED) is 0.788. The van der Waals surface area contributed by atoms with Crippen molar-refractivity contribution in [3.05, 3.63) is 34.7 Å². The lowest BCUT2D eigenvalue weighted by Crippen LogP contribution is -2.15. The van der Waals surface area contributed by atoms with E-state index < -0.39 is 0 Å². The fourth-order valence-corrected chi connectivity index (χ4v) is 2.31. The third kappa shape index (κ3) is 2.11. The molecule has 2 aromatic rings. The van der Waals surface area contributed by atoms with Crippen LogP contribution in [0, 0.1) is 0 Å². The number of benzene rings is 1. The molecule has 1 heterocycles. The summed E-state index contributed by atoms with van der Waals surface area (Å²) in [4.78, 5) is 12.3. The lowest BCUT2D eigenvalue weighted by Gasteiger charge is -2.02. The molecular formula is C10H12N4OS. The Bertz CT molecular complexity index is 546. The van der Waals surface area contributed by atoms with E-state index >= 15 is 0 Å². The van der Waals surface area contributed by atoms with E-state index in [9.17, 15) is 4.79 Å². The predicted molar refractivity (Wildman–Crippen MR) is 63.5 cm³/mol. The maximum atomic E-state index is 11.3. The van der Waals surface area contributed by atoms with E-state index in [1.807, 2.05) is 31.2 Å². The Balaban J connectivity index is 2.30. The van der Waals surface area contributed by atoms with Gasteiger partial charge in [0.05, 0.1) is 0 Å². The van der Waals surface area contributed by atoms with E-state index in [1.165, 1.54) is 11.8 Å². The second-order valence-corrected chi connectivity index (χ2v) is 4.27. The van der Waals surface area contributed by atoms with Gasteiger partial charge in [0.25, 0.3) is 0 Å². The molecule has 1 aromatic carbocycles. The van der Waals surface area contributed by atoms with Crippen molar-refractivity contribution < 1.29 is 0 Å². The molecule has 0 atom stereocenters. The van der Waals surface area contributed by atoms with Crippen LogP contribution in [-0.2, 0) is 6.54 Å². The standard InChI is InChI=1S/C10H12N4OS/c1-2-14-9(15)12-13-10(14)16-8-5-3-4-7(11)6-8/h3-6H,2,11H2,1H3,(H,12,15). The topological polar surface area (TPSA) is 76.7 Å². The Labute approximate surface area is 96.7 Å². The fourth-order valence-electron chi connectivity index (χ4n) is 1.34. The Morgan fingerprint density at radius 3 is 3.06 bits per heavy atom. The van der Waals surface area contributed by atoms with E-state index in [-0.39, 0.29) is 5.69 Å². The van der Waals surface area contributed by atoms with Crippen molar-refractivity contribution in [3.8, 4) is 0 Å². The van der Waals surface area contributed by atoms with E-state index in [1.54, 1.807) is 4.57 Å². The molecule has 5 nitrogen and oxygen atoms in total. The number of rotatable bonds is 3. The fraction of sp³-hybridized carbons (Fsp3) is 0.200. The van der Waals surface area contributed by atoms with Gasteiger partial charge >= 0.3 is 5.69 Å². The van der Waals surface area contributed by atoms with Crippen molar-refractivity contribution in [1.29, 1.82) is 0 Å². The number of nitrogens with zero attached hydrogens (tertiary/aromatic N) is 2. The summed E-state index contributed by atoms with van der Waals surface area (Å²) in [6, 6.07) is 7.48. The van der Waals surface area contributed by atoms with Crippen LogP contribution >= 0.6 is 11.8 Å². The normalized spacial score (nSPS) is 10.6. The second-order valence-electron chi connectivity index (χ2n) is 3.23. The van der Waals surface area contributed by atoms with Gasteiger partial charge in [-0.2, -0.15) is 0 Å². The van der Waals surface area contributed by atoms with Crippen LogP contribution in [0.15, 0.2) is 39.1 Å². The van der Waals surface area contributed by atoms with Crippen LogP contribution in [0.5, 0.6) is 0 Å². The molecule has 0 radical (unpaired) electrons. The van der Waals surface area contributed by atoms with Crippen LogP contribution in [-0.4, -0.2) is 14.8 Å². The largest absolute Gasteiger partial charge is 0.399 e. The third-order valence-corrected chi connectivity index (χ3v) is 3.09. The van der Waals surface area contributed by atoms with Crippen molar-refractivity contribution in [2.75, 3.05) is 5.73 Å². The highest BCUT2D eigenvalue weighted by Crippen LogP contribution is 2.26. The van der Waals surface area contributed by atoms with Gasteiger partial charge in [-0.1, -0.05) is 6.07 Å². The van der Waals surface area contributed by atoms with Gasteiger partial charge in [0.1, 0.15) is 0 Å². The number of nitrogens with one attached hydrogen (secondary N) is 1. The highest BCUT2D eigenvalue weighted by atomic mass is 32.2. The smallest absolute Gasteiger partial charge is 0.343 e. The molecule has 0 aliphatic rings. The number of H-pyrrole nitrogens is 1. The summed E-state index contributed by atoms with van der Waals surface area (Å²) in [6.07, 6.45) is 0. The summed E-state index contributed by atoms with van der Waals surface area (Å²) in [6.45, 7) is 2.50. The minimum atomic E-state index is -0.186. The molecule has 0 amide bonds. The molecule has 3 N–H and O–H groups in total. The molecule has 6 heteroatoms. The van der Waals surface area contributed by atoms with Gasteiger partial charge in [-0.15, -0.1) is 5.10 Å². The van der Waals surface area contributed by atoms with Crippen molar-refractivity contribution in [1.82, 2.24) is 14.8 Å². The Hall–Kier alpha value is -1.69. The highest BCUT2D eigenvalue weighted by Gasteiger charge is 2.07. The average molecular weight is 236 g/mol. The summed E-state index contributed by atoms with van der Waals surface area (Å²) >= 11 is 1.41. The van der Waals surface area contributed by atoms with Crippen molar-refractivity contribution in [2.24, 2.45) is 0 Å². The average Bonchev–Trinajstić information content (AvgIpc) is 2.59. The summed E-state index contributed by atoms with van der Waals surface area (Å²) in [5.41, 5.74) is 6.19. The maximum Gasteiger partial charge on any atom is 0.343 e. The number of hydrogen-bond acceptors (Lipinski definition) is 4. The van der Waals surface area contributed by atoms with E-state index in [0.717, 1.165) is 4.90 Å². The minimum absolute atomic E-state index is 0.186. The predicted octanol–water partition coefficient (Wildman–Crippen LogP) is 1.32. The molecule has 1 aromatic heterocycles. The Kier molecular flexibility index (Phi) is 3.00. The molecule has 0 spiro atoms. The molecule has 2 rings (SSSR count). The van der Waals surface area contributed by atoms with E-state index in [0.29, 0.717) is 17.4 Å². The molecule has 0 saturated heterocycles. The van der Waals surface area contributed by atoms with Gasteiger partial charge in [0.15, 0.2) is 5.16 Å². The monoisotopic (exact) mass is 236 g/mol. The summed E-state index contributed by atoms with van der Waals surface area (Å²) in [5, 5.41) is 7.04. The molecule has 0 aliphatic heterocycles. The summed E-state index contributed by atoms with van der Waals surface area (Å²) < 4.78 is 1.58. The molecule has 0 bridgehead atoms. The zero-order chi connectivity index (χ0) is 11.5. The lowest BCUT2D eigenvalue weighted by atomic mass is 10.3. The summed E-state index contributed by atoms with van der Waals surface area (Å²) in [7, 11) is 0. The zero-order valence-electron chi connectivity index (χ0n) is 8.80. The second kappa shape index (κ2) is 4.44. The number of nitrogen functional groups attached to an aromatic ring is 1. The maximum absolute atomic E-state index is 11.3. The Morgan fingerprint density at radius 1 is 1.56 bits per heavy atom. The number of aromatic nitrogens is 3. The van der Waals surface area contributed by atoms with Crippen LogP contribution in [0.25, 0.3) is 0 Å². The highest BCUT2D eigenvalue weighted by molar-refractivity contribution is 7.99. The Morgan fingerprint density at radius 2 is 2.38 bits per heavy atom. The van der Waals surface area contributed by atoms with Crippen molar-refractivity contribution in [3.63, 3.8) is 0 Å². The lowest BCUT2D eigenvalue weighted by molar-refractivity contribution is 0.660. The van der Waals surface area contributed by atoms with E-state index in [2.05, 4.69) is 10.2 Å². The molecule has 16 heavy (non-hydrogen) atoms. The zero-order valence-corrected chi connectivity index (χ0v) is 9.62. The van der Waals surface area contributed by atoms with Crippen LogP contribution in [0.2, 0.25) is 0 Å². The van der Waals surface area contributed by atoms with Gasteiger partial charge in [-0.25, -0.2) is 9.89 Å². The van der Waals surface area contributed by atoms with Crippen molar-refractivity contribution >= 4 is 17.4 Å². The van der Waals surface area contributed by atoms with Crippen molar-refractivity contribution in [2.45, 2.75) is 23.5 Å². The molecule has 0 saturated carbocycles. The van der Waals surface area contributed by atoms with Crippen LogP contribution < -0.4 is 11.4 Å². The van der Waals surface area contributed by atoms with Gasteiger partial charge in [-0.05, 0) is 36.9 Å². The van der Waals surface area contributed by atoms with Gasteiger partial charge < -0.3 is 5.73 Å². The molecule has 84 valence electrons. The van der Waals surface area contributed by atoms with Gasteiger partial charge in [-0.3, -0.25) is 4.57 Å². The molecule has 0 unspecified atom stereocenters. The van der Waals surface area contributed by atoms with Crippen LogP contribution in [0.4, 0.5) is 5.69 Å². The first-order chi connectivity index (χ1) is 7.70. The number of anilines is 1. The summed E-state index contributed by atoms with van der Waals surface area (Å²) in [5.74, 6) is 0.